The topological polar surface area (TPSA) is 70.9 Å². The fourth-order valence-electron chi connectivity index (χ4n) is 2.73. The van der Waals surface area contributed by atoms with E-state index in [2.05, 4.69) is 16.0 Å². The van der Waals surface area contributed by atoms with Gasteiger partial charge in [0, 0.05) is 0 Å². The van der Waals surface area contributed by atoms with E-state index in [4.69, 9.17) is 9.47 Å². The summed E-state index contributed by atoms with van der Waals surface area (Å²) in [5.74, 6) is 1.92. The van der Waals surface area contributed by atoms with Gasteiger partial charge in [-0.05, 0) is 62.2 Å². The number of allylic oxidation sites excluding steroid dienone is 1. The number of rotatable bonds is 6. The minimum atomic E-state index is 0.463. The van der Waals surface area contributed by atoms with Gasteiger partial charge in [0.05, 0.1) is 29.8 Å². The van der Waals surface area contributed by atoms with Gasteiger partial charge in [0.15, 0.2) is 11.5 Å². The highest BCUT2D eigenvalue weighted by atomic mass is 16.5. The van der Waals surface area contributed by atoms with Crippen molar-refractivity contribution in [1.29, 1.82) is 5.26 Å². The lowest BCUT2D eigenvalue weighted by Gasteiger charge is -2.11. The molecule has 26 heavy (non-hydrogen) atoms. The summed E-state index contributed by atoms with van der Waals surface area (Å²) in [5.41, 5.74) is 4.22. The van der Waals surface area contributed by atoms with Crippen LogP contribution in [-0.2, 0) is 0 Å². The molecule has 5 heteroatoms. The number of aromatic amines is 1. The first kappa shape index (κ1) is 17.6. The molecule has 0 spiro atoms. The van der Waals surface area contributed by atoms with Crippen LogP contribution in [-0.4, -0.2) is 23.2 Å². The van der Waals surface area contributed by atoms with Crippen LogP contribution in [0.3, 0.4) is 0 Å². The zero-order valence-corrected chi connectivity index (χ0v) is 15.2. The molecule has 0 fully saturated rings. The van der Waals surface area contributed by atoms with Crippen LogP contribution in [0.15, 0.2) is 36.4 Å². The van der Waals surface area contributed by atoms with E-state index in [1.807, 2.05) is 57.2 Å². The third-order valence-corrected chi connectivity index (χ3v) is 3.89. The van der Waals surface area contributed by atoms with Crippen molar-refractivity contribution < 1.29 is 9.47 Å². The molecule has 0 saturated carbocycles. The zero-order chi connectivity index (χ0) is 18.5. The van der Waals surface area contributed by atoms with Gasteiger partial charge in [-0.3, -0.25) is 0 Å². The van der Waals surface area contributed by atoms with Crippen molar-refractivity contribution in [3.8, 4) is 17.6 Å². The quantitative estimate of drug-likeness (QED) is 0.654. The molecule has 1 aromatic heterocycles. The molecule has 1 heterocycles. The van der Waals surface area contributed by atoms with Crippen molar-refractivity contribution in [3.05, 3.63) is 53.3 Å². The first-order valence-electron chi connectivity index (χ1n) is 8.62. The van der Waals surface area contributed by atoms with Gasteiger partial charge in [0.1, 0.15) is 11.9 Å². The Balaban J connectivity index is 2.00. The number of nitrogens with zero attached hydrogens (tertiary/aromatic N) is 2. The van der Waals surface area contributed by atoms with Crippen LogP contribution >= 0.6 is 0 Å². The third-order valence-electron chi connectivity index (χ3n) is 3.89. The molecular weight excluding hydrogens is 326 g/mol. The van der Waals surface area contributed by atoms with Crippen LogP contribution < -0.4 is 9.47 Å². The molecule has 0 bridgehead atoms. The number of nitriles is 1. The van der Waals surface area contributed by atoms with Crippen LogP contribution in [0.25, 0.3) is 22.7 Å². The largest absolute Gasteiger partial charge is 0.490 e. The normalized spacial score (nSPS) is 11.4. The average Bonchev–Trinajstić information content (AvgIpc) is 3.05. The number of aromatic nitrogens is 2. The monoisotopic (exact) mass is 347 g/mol. The molecule has 0 radical (unpaired) electrons. The number of imidazole rings is 1. The minimum Gasteiger partial charge on any atom is -0.490 e. The second-order valence-corrected chi connectivity index (χ2v) is 5.85. The summed E-state index contributed by atoms with van der Waals surface area (Å²) in [5, 5.41) is 9.60. The van der Waals surface area contributed by atoms with Crippen molar-refractivity contribution in [2.45, 2.75) is 20.8 Å². The van der Waals surface area contributed by atoms with E-state index < -0.39 is 0 Å². The molecule has 0 aliphatic rings. The summed E-state index contributed by atoms with van der Waals surface area (Å²) in [4.78, 5) is 7.75. The van der Waals surface area contributed by atoms with Crippen molar-refractivity contribution in [2.24, 2.45) is 0 Å². The molecular formula is C21H21N3O2. The molecule has 0 amide bonds. The van der Waals surface area contributed by atoms with E-state index in [0.717, 1.165) is 22.2 Å². The van der Waals surface area contributed by atoms with Crippen molar-refractivity contribution in [3.63, 3.8) is 0 Å². The Morgan fingerprint density at radius 3 is 2.62 bits per heavy atom. The molecule has 0 atom stereocenters. The summed E-state index contributed by atoms with van der Waals surface area (Å²) in [6.45, 7) is 6.99. The van der Waals surface area contributed by atoms with Gasteiger partial charge in [-0.1, -0.05) is 12.1 Å². The maximum Gasteiger partial charge on any atom is 0.161 e. The average molecular weight is 347 g/mol. The van der Waals surface area contributed by atoms with Crippen LogP contribution in [0.1, 0.15) is 30.8 Å². The first-order chi connectivity index (χ1) is 12.6. The lowest BCUT2D eigenvalue weighted by molar-refractivity contribution is 0.287. The van der Waals surface area contributed by atoms with Crippen molar-refractivity contribution in [2.75, 3.05) is 13.2 Å². The Bertz CT molecular complexity index is 996. The Kier molecular flexibility index (Phi) is 5.23. The van der Waals surface area contributed by atoms with Gasteiger partial charge in [-0.2, -0.15) is 5.26 Å². The Labute approximate surface area is 152 Å². The molecule has 3 rings (SSSR count). The SMILES string of the molecule is CCOc1ccc(/C=C(/C#N)c2nc3ccc(C)cc3[nH]2)cc1OCC. The molecule has 132 valence electrons. The number of ether oxygens (including phenoxy) is 2. The number of hydrogen-bond acceptors (Lipinski definition) is 4. The van der Waals surface area contributed by atoms with Crippen molar-refractivity contribution >= 4 is 22.7 Å². The predicted molar refractivity (Wildman–Crippen MR) is 103 cm³/mol. The van der Waals surface area contributed by atoms with E-state index in [-0.39, 0.29) is 0 Å². The highest BCUT2D eigenvalue weighted by Gasteiger charge is 2.10. The van der Waals surface area contributed by atoms with Gasteiger partial charge in [-0.15, -0.1) is 0 Å². The number of fused-ring (bicyclic) bond motifs is 1. The van der Waals surface area contributed by atoms with Crippen LogP contribution in [0.4, 0.5) is 0 Å². The van der Waals surface area contributed by atoms with Gasteiger partial charge in [0.2, 0.25) is 0 Å². The van der Waals surface area contributed by atoms with Gasteiger partial charge >= 0.3 is 0 Å². The molecule has 1 N–H and O–H groups in total. The Hall–Kier alpha value is -3.26. The summed E-state index contributed by atoms with van der Waals surface area (Å²) in [6, 6.07) is 13.8. The molecule has 0 unspecified atom stereocenters. The van der Waals surface area contributed by atoms with Gasteiger partial charge < -0.3 is 14.5 Å². The second kappa shape index (κ2) is 7.75. The lowest BCUT2D eigenvalue weighted by atomic mass is 10.1. The highest BCUT2D eigenvalue weighted by molar-refractivity contribution is 5.90. The maximum atomic E-state index is 9.60. The number of benzene rings is 2. The fraction of sp³-hybridized carbons (Fsp3) is 0.238. The van der Waals surface area contributed by atoms with Crippen molar-refractivity contribution in [1.82, 2.24) is 9.97 Å². The highest BCUT2D eigenvalue weighted by Crippen LogP contribution is 2.30. The van der Waals surface area contributed by atoms with Crippen LogP contribution in [0.5, 0.6) is 11.5 Å². The summed E-state index contributed by atoms with van der Waals surface area (Å²) in [7, 11) is 0. The van der Waals surface area contributed by atoms with E-state index in [9.17, 15) is 5.26 Å². The van der Waals surface area contributed by atoms with E-state index >= 15 is 0 Å². The summed E-state index contributed by atoms with van der Waals surface area (Å²) in [6.07, 6.45) is 1.79. The maximum absolute atomic E-state index is 9.60. The number of hydrogen-bond donors (Lipinski definition) is 1. The predicted octanol–water partition coefficient (Wildman–Crippen LogP) is 4.73. The van der Waals surface area contributed by atoms with Gasteiger partial charge in [0.25, 0.3) is 0 Å². The Morgan fingerprint density at radius 2 is 1.88 bits per heavy atom. The van der Waals surface area contributed by atoms with Gasteiger partial charge in [-0.25, -0.2) is 4.98 Å². The van der Waals surface area contributed by atoms with E-state index in [1.54, 1.807) is 6.08 Å². The smallest absolute Gasteiger partial charge is 0.161 e. The van der Waals surface area contributed by atoms with Crippen LogP contribution in [0.2, 0.25) is 0 Å². The zero-order valence-electron chi connectivity index (χ0n) is 15.2. The minimum absolute atomic E-state index is 0.463. The number of nitrogens with one attached hydrogen (secondary N) is 1. The standard InChI is InChI=1S/C21H21N3O2/c1-4-25-19-9-7-15(12-20(19)26-5-2)11-16(13-22)21-23-17-8-6-14(3)10-18(17)24-21/h6-12H,4-5H2,1-3H3,(H,23,24)/b16-11-. The van der Waals surface area contributed by atoms with Crippen LogP contribution in [0, 0.1) is 18.3 Å². The van der Waals surface area contributed by atoms with E-state index in [1.165, 1.54) is 0 Å². The third kappa shape index (κ3) is 3.70. The number of H-pyrrole nitrogens is 1. The molecule has 5 nitrogen and oxygen atoms in total. The molecule has 0 aliphatic heterocycles. The summed E-state index contributed by atoms with van der Waals surface area (Å²) < 4.78 is 11.2. The Morgan fingerprint density at radius 1 is 1.12 bits per heavy atom. The summed E-state index contributed by atoms with van der Waals surface area (Å²) >= 11 is 0. The molecule has 3 aromatic rings. The van der Waals surface area contributed by atoms with E-state index in [0.29, 0.717) is 36.1 Å². The molecule has 0 aliphatic carbocycles. The molecule has 0 saturated heterocycles. The lowest BCUT2D eigenvalue weighted by Crippen LogP contribution is -1.98. The number of aryl methyl sites for hydroxylation is 1. The fourth-order valence-corrected chi connectivity index (χ4v) is 2.73. The second-order valence-electron chi connectivity index (χ2n) is 5.85. The molecule has 2 aromatic carbocycles. The first-order valence-corrected chi connectivity index (χ1v) is 8.62.